The van der Waals surface area contributed by atoms with Gasteiger partial charge in [-0.15, -0.1) is 0 Å². The fourth-order valence-corrected chi connectivity index (χ4v) is 3.70. The van der Waals surface area contributed by atoms with E-state index in [1.165, 1.54) is 11.8 Å². The van der Waals surface area contributed by atoms with Crippen molar-refractivity contribution in [2.45, 2.75) is 26.2 Å². The number of imidazole rings is 1. The molecular formula is C19H26FN5. The van der Waals surface area contributed by atoms with Crippen LogP contribution in [-0.2, 0) is 26.2 Å². The molecule has 0 amide bonds. The van der Waals surface area contributed by atoms with Crippen molar-refractivity contribution in [2.24, 2.45) is 0 Å². The number of halogens is 1. The molecule has 2 aliphatic rings. The summed E-state index contributed by atoms with van der Waals surface area (Å²) < 4.78 is 15.7. The van der Waals surface area contributed by atoms with E-state index in [0.717, 1.165) is 70.3 Å². The van der Waals surface area contributed by atoms with Crippen molar-refractivity contribution in [1.29, 1.82) is 0 Å². The second-order valence-corrected chi connectivity index (χ2v) is 7.26. The average molecular weight is 343 g/mol. The SMILES string of the molecule is CN1CCN(Cc2cn3c(n2)CN(Cc2cccc(F)c2)CC3)CC1. The van der Waals surface area contributed by atoms with E-state index in [2.05, 4.69) is 32.5 Å². The Morgan fingerprint density at radius 2 is 1.80 bits per heavy atom. The van der Waals surface area contributed by atoms with Crippen molar-refractivity contribution in [3.63, 3.8) is 0 Å². The van der Waals surface area contributed by atoms with E-state index in [0.29, 0.717) is 0 Å². The molecule has 0 radical (unpaired) electrons. The van der Waals surface area contributed by atoms with Gasteiger partial charge < -0.3 is 9.47 Å². The minimum absolute atomic E-state index is 0.162. The molecule has 134 valence electrons. The Bertz CT molecular complexity index is 720. The molecule has 1 aromatic carbocycles. The average Bonchev–Trinajstić information content (AvgIpc) is 2.98. The van der Waals surface area contributed by atoms with Crippen molar-refractivity contribution in [3.8, 4) is 0 Å². The normalized spacial score (nSPS) is 19.9. The lowest BCUT2D eigenvalue weighted by Crippen LogP contribution is -2.43. The summed E-state index contributed by atoms with van der Waals surface area (Å²) in [5.41, 5.74) is 2.20. The third-order valence-corrected chi connectivity index (χ3v) is 5.21. The quantitative estimate of drug-likeness (QED) is 0.846. The highest BCUT2D eigenvalue weighted by atomic mass is 19.1. The molecule has 0 atom stereocenters. The molecule has 0 aliphatic carbocycles. The largest absolute Gasteiger partial charge is 0.332 e. The molecule has 6 heteroatoms. The molecule has 4 rings (SSSR count). The number of hydrogen-bond donors (Lipinski definition) is 0. The Kier molecular flexibility index (Phi) is 4.83. The number of benzene rings is 1. The van der Waals surface area contributed by atoms with Crippen molar-refractivity contribution in [3.05, 3.63) is 53.4 Å². The lowest BCUT2D eigenvalue weighted by Gasteiger charge is -2.31. The zero-order valence-corrected chi connectivity index (χ0v) is 14.9. The Morgan fingerprint density at radius 1 is 1.00 bits per heavy atom. The first-order valence-corrected chi connectivity index (χ1v) is 9.08. The van der Waals surface area contributed by atoms with Crippen LogP contribution in [0.2, 0.25) is 0 Å². The molecule has 0 unspecified atom stereocenters. The lowest BCUT2D eigenvalue weighted by atomic mass is 10.2. The molecule has 25 heavy (non-hydrogen) atoms. The van der Waals surface area contributed by atoms with Gasteiger partial charge >= 0.3 is 0 Å². The molecular weight excluding hydrogens is 317 g/mol. The van der Waals surface area contributed by atoms with Crippen LogP contribution in [0.4, 0.5) is 4.39 Å². The van der Waals surface area contributed by atoms with E-state index in [4.69, 9.17) is 4.98 Å². The van der Waals surface area contributed by atoms with E-state index in [1.807, 2.05) is 6.07 Å². The molecule has 5 nitrogen and oxygen atoms in total. The molecule has 0 saturated carbocycles. The summed E-state index contributed by atoms with van der Waals surface area (Å²) in [6, 6.07) is 6.89. The fraction of sp³-hybridized carbons (Fsp3) is 0.526. The molecule has 1 saturated heterocycles. The highest BCUT2D eigenvalue weighted by molar-refractivity contribution is 5.16. The van der Waals surface area contributed by atoms with Crippen LogP contribution < -0.4 is 0 Å². The lowest BCUT2D eigenvalue weighted by molar-refractivity contribution is 0.147. The van der Waals surface area contributed by atoms with Gasteiger partial charge in [0.2, 0.25) is 0 Å². The molecule has 0 N–H and O–H groups in total. The van der Waals surface area contributed by atoms with Crippen LogP contribution in [0.5, 0.6) is 0 Å². The number of aromatic nitrogens is 2. The van der Waals surface area contributed by atoms with Crippen LogP contribution in [0.15, 0.2) is 30.5 Å². The molecule has 2 aliphatic heterocycles. The van der Waals surface area contributed by atoms with Crippen molar-refractivity contribution in [2.75, 3.05) is 39.8 Å². The van der Waals surface area contributed by atoms with Crippen molar-refractivity contribution >= 4 is 0 Å². The smallest absolute Gasteiger partial charge is 0.123 e. The van der Waals surface area contributed by atoms with Gasteiger partial charge in [0.25, 0.3) is 0 Å². The van der Waals surface area contributed by atoms with Crippen LogP contribution in [-0.4, -0.2) is 64.0 Å². The van der Waals surface area contributed by atoms with Gasteiger partial charge in [-0.05, 0) is 24.7 Å². The summed E-state index contributed by atoms with van der Waals surface area (Å²) >= 11 is 0. The second kappa shape index (κ2) is 7.23. The van der Waals surface area contributed by atoms with Crippen LogP contribution in [0.1, 0.15) is 17.1 Å². The van der Waals surface area contributed by atoms with Gasteiger partial charge in [0.1, 0.15) is 11.6 Å². The van der Waals surface area contributed by atoms with Crippen LogP contribution in [0.3, 0.4) is 0 Å². The number of hydrogen-bond acceptors (Lipinski definition) is 4. The van der Waals surface area contributed by atoms with Crippen LogP contribution in [0.25, 0.3) is 0 Å². The van der Waals surface area contributed by atoms with E-state index in [-0.39, 0.29) is 5.82 Å². The molecule has 1 aromatic heterocycles. The second-order valence-electron chi connectivity index (χ2n) is 7.26. The first-order chi connectivity index (χ1) is 12.2. The first kappa shape index (κ1) is 16.7. The summed E-state index contributed by atoms with van der Waals surface area (Å²) in [6.45, 7) is 8.99. The molecule has 2 aromatic rings. The number of likely N-dealkylation sites (N-methyl/N-ethyl adjacent to an activating group) is 1. The van der Waals surface area contributed by atoms with Crippen molar-refractivity contribution < 1.29 is 4.39 Å². The standard InChI is InChI=1S/C19H26FN5/c1-22-5-7-23(8-6-22)13-18-14-25-10-9-24(15-19(25)21-18)12-16-3-2-4-17(20)11-16/h2-4,11,14H,5-10,12-13,15H2,1H3. The van der Waals surface area contributed by atoms with Gasteiger partial charge in [0.05, 0.1) is 12.2 Å². The Hall–Kier alpha value is -1.76. The van der Waals surface area contributed by atoms with Gasteiger partial charge in [-0.3, -0.25) is 9.80 Å². The van der Waals surface area contributed by atoms with E-state index in [9.17, 15) is 4.39 Å². The number of fused-ring (bicyclic) bond motifs is 1. The predicted molar refractivity (Wildman–Crippen MR) is 95.5 cm³/mol. The molecule has 0 bridgehead atoms. The first-order valence-electron chi connectivity index (χ1n) is 9.08. The van der Waals surface area contributed by atoms with Gasteiger partial charge in [-0.2, -0.15) is 0 Å². The maximum absolute atomic E-state index is 13.4. The van der Waals surface area contributed by atoms with E-state index < -0.39 is 0 Å². The number of nitrogens with zero attached hydrogens (tertiary/aromatic N) is 5. The monoisotopic (exact) mass is 343 g/mol. The van der Waals surface area contributed by atoms with Crippen LogP contribution in [0, 0.1) is 5.82 Å². The number of piperazine rings is 1. The zero-order chi connectivity index (χ0) is 17.2. The third-order valence-electron chi connectivity index (χ3n) is 5.21. The molecule has 1 fully saturated rings. The molecule has 3 heterocycles. The Balaban J connectivity index is 1.37. The van der Waals surface area contributed by atoms with Gasteiger partial charge in [-0.1, -0.05) is 12.1 Å². The zero-order valence-electron chi connectivity index (χ0n) is 14.9. The van der Waals surface area contributed by atoms with E-state index >= 15 is 0 Å². The maximum Gasteiger partial charge on any atom is 0.123 e. The van der Waals surface area contributed by atoms with Crippen LogP contribution >= 0.6 is 0 Å². The predicted octanol–water partition coefficient (Wildman–Crippen LogP) is 1.79. The third kappa shape index (κ3) is 4.08. The summed E-state index contributed by atoms with van der Waals surface area (Å²) in [4.78, 5) is 12.1. The summed E-state index contributed by atoms with van der Waals surface area (Å²) in [5.74, 6) is 0.970. The topological polar surface area (TPSA) is 27.5 Å². The van der Waals surface area contributed by atoms with Gasteiger partial charge in [0, 0.05) is 58.6 Å². The Labute approximate surface area is 148 Å². The minimum Gasteiger partial charge on any atom is -0.332 e. The van der Waals surface area contributed by atoms with Crippen molar-refractivity contribution in [1.82, 2.24) is 24.3 Å². The summed E-state index contributed by atoms with van der Waals surface area (Å²) in [6.07, 6.45) is 2.22. The number of rotatable bonds is 4. The fourth-order valence-electron chi connectivity index (χ4n) is 3.70. The van der Waals surface area contributed by atoms with E-state index in [1.54, 1.807) is 12.1 Å². The summed E-state index contributed by atoms with van der Waals surface area (Å²) in [7, 11) is 2.18. The summed E-state index contributed by atoms with van der Waals surface area (Å²) in [5, 5.41) is 0. The maximum atomic E-state index is 13.4. The van der Waals surface area contributed by atoms with Gasteiger partial charge in [-0.25, -0.2) is 9.37 Å². The Morgan fingerprint density at radius 3 is 2.60 bits per heavy atom. The minimum atomic E-state index is -0.162. The van der Waals surface area contributed by atoms with Gasteiger partial charge in [0.15, 0.2) is 0 Å². The highest BCUT2D eigenvalue weighted by Gasteiger charge is 2.20. The highest BCUT2D eigenvalue weighted by Crippen LogP contribution is 2.17. The molecule has 0 spiro atoms.